The molecule has 2 fully saturated rings. The first-order valence-corrected chi connectivity index (χ1v) is 12.5. The van der Waals surface area contributed by atoms with Gasteiger partial charge in [0.15, 0.2) is 0 Å². The van der Waals surface area contributed by atoms with Gasteiger partial charge in [-0.25, -0.2) is 0 Å². The van der Waals surface area contributed by atoms with Crippen molar-refractivity contribution < 1.29 is 14.3 Å². The van der Waals surface area contributed by atoms with E-state index in [1.54, 1.807) is 6.08 Å². The quantitative estimate of drug-likeness (QED) is 0.381. The zero-order chi connectivity index (χ0) is 23.0. The molecule has 0 N–H and O–H groups in total. The first kappa shape index (κ1) is 23.4. The average Bonchev–Trinajstić information content (AvgIpc) is 3.11. The summed E-state index contributed by atoms with van der Waals surface area (Å²) in [6.07, 6.45) is 5.17. The van der Waals surface area contributed by atoms with Gasteiger partial charge in [-0.3, -0.25) is 19.4 Å². The van der Waals surface area contributed by atoms with E-state index in [2.05, 4.69) is 28.9 Å². The molecule has 2 saturated heterocycles. The number of imide groups is 1. The number of thioether (sulfide) groups is 1. The van der Waals surface area contributed by atoms with Gasteiger partial charge in [0, 0.05) is 31.9 Å². The van der Waals surface area contributed by atoms with Gasteiger partial charge in [0.25, 0.3) is 11.1 Å². The summed E-state index contributed by atoms with van der Waals surface area (Å²) in [5.74, 6) is 0.612. The molecule has 2 aromatic rings. The van der Waals surface area contributed by atoms with Gasteiger partial charge in [-0.1, -0.05) is 50.1 Å². The van der Waals surface area contributed by atoms with Crippen LogP contribution in [-0.2, 0) is 4.79 Å². The highest BCUT2D eigenvalue weighted by Crippen LogP contribution is 2.32. The molecule has 0 bridgehead atoms. The molecule has 0 spiro atoms. The predicted octanol–water partition coefficient (Wildman–Crippen LogP) is 5.07. The second kappa shape index (κ2) is 11.4. The van der Waals surface area contributed by atoms with E-state index in [1.165, 1.54) is 17.0 Å². The van der Waals surface area contributed by atoms with Gasteiger partial charge in [0.2, 0.25) is 0 Å². The fourth-order valence-corrected chi connectivity index (χ4v) is 4.79. The van der Waals surface area contributed by atoms with E-state index >= 15 is 0 Å². The van der Waals surface area contributed by atoms with E-state index in [0.29, 0.717) is 18.2 Å². The van der Waals surface area contributed by atoms with Crippen LogP contribution in [0.3, 0.4) is 0 Å². The van der Waals surface area contributed by atoms with Crippen LogP contribution in [0.2, 0.25) is 0 Å². The number of para-hydroxylation sites is 1. The molecule has 6 nitrogen and oxygen atoms in total. The summed E-state index contributed by atoms with van der Waals surface area (Å²) in [6.45, 7) is 6.61. The Labute approximate surface area is 200 Å². The Kier molecular flexibility index (Phi) is 8.07. The molecule has 0 atom stereocenters. The zero-order valence-corrected chi connectivity index (χ0v) is 19.9. The molecule has 7 heteroatoms. The van der Waals surface area contributed by atoms with E-state index in [4.69, 9.17) is 4.74 Å². The van der Waals surface area contributed by atoms with Gasteiger partial charge in [0.05, 0.1) is 18.2 Å². The fourth-order valence-electron chi connectivity index (χ4n) is 3.96. The summed E-state index contributed by atoms with van der Waals surface area (Å²) in [6, 6.07) is 18.0. The minimum Gasteiger partial charge on any atom is -0.494 e. The molecule has 0 unspecified atom stereocenters. The third kappa shape index (κ3) is 6.18. The highest BCUT2D eigenvalue weighted by atomic mass is 32.2. The first-order valence-electron chi connectivity index (χ1n) is 11.6. The van der Waals surface area contributed by atoms with Gasteiger partial charge >= 0.3 is 0 Å². The molecular formula is C26H31N3O3S. The highest BCUT2D eigenvalue weighted by molar-refractivity contribution is 8.18. The zero-order valence-electron chi connectivity index (χ0n) is 19.1. The second-order valence-corrected chi connectivity index (χ2v) is 9.31. The normalized spacial score (nSPS) is 18.4. The summed E-state index contributed by atoms with van der Waals surface area (Å²) in [4.78, 5) is 31.8. The van der Waals surface area contributed by atoms with E-state index in [0.717, 1.165) is 62.1 Å². The molecule has 2 amide bonds. The van der Waals surface area contributed by atoms with Gasteiger partial charge in [-0.2, -0.15) is 0 Å². The van der Waals surface area contributed by atoms with Gasteiger partial charge in [-0.05, 0) is 54.1 Å². The Balaban J connectivity index is 1.30. The largest absolute Gasteiger partial charge is 0.494 e. The summed E-state index contributed by atoms with van der Waals surface area (Å²) < 4.78 is 5.74. The van der Waals surface area contributed by atoms with Crippen LogP contribution < -0.4 is 9.64 Å². The van der Waals surface area contributed by atoms with Crippen LogP contribution in [0.4, 0.5) is 10.5 Å². The van der Waals surface area contributed by atoms with Crippen molar-refractivity contribution in [2.24, 2.45) is 0 Å². The fraction of sp³-hybridized carbons (Fsp3) is 0.385. The average molecular weight is 466 g/mol. The number of benzene rings is 2. The smallest absolute Gasteiger partial charge is 0.294 e. The highest BCUT2D eigenvalue weighted by Gasteiger charge is 2.36. The molecule has 2 aromatic carbocycles. The number of ether oxygens (including phenoxy) is 1. The van der Waals surface area contributed by atoms with Crippen molar-refractivity contribution in [2.45, 2.75) is 26.2 Å². The van der Waals surface area contributed by atoms with Gasteiger partial charge in [0.1, 0.15) is 5.75 Å². The molecule has 174 valence electrons. The van der Waals surface area contributed by atoms with Crippen molar-refractivity contribution in [1.82, 2.24) is 9.80 Å². The van der Waals surface area contributed by atoms with Crippen molar-refractivity contribution in [2.75, 3.05) is 44.4 Å². The first-order chi connectivity index (χ1) is 16.1. The molecule has 2 aliphatic rings. The molecule has 0 aliphatic carbocycles. The topological polar surface area (TPSA) is 53.1 Å². The Bertz CT molecular complexity index is 970. The minimum absolute atomic E-state index is 0.201. The maximum atomic E-state index is 12.9. The van der Waals surface area contributed by atoms with E-state index in [1.807, 2.05) is 42.5 Å². The SMILES string of the molecule is CCCCCOc1ccc(C=C2SC(=O)N(CN3CCN(c4ccccc4)CC3)C2=O)cc1. The summed E-state index contributed by atoms with van der Waals surface area (Å²) in [5, 5.41) is -0.201. The number of unbranched alkanes of at least 4 members (excludes halogenated alkanes) is 2. The van der Waals surface area contributed by atoms with Crippen molar-refractivity contribution in [1.29, 1.82) is 0 Å². The molecule has 0 radical (unpaired) electrons. The van der Waals surface area contributed by atoms with Crippen molar-refractivity contribution in [3.8, 4) is 5.75 Å². The van der Waals surface area contributed by atoms with Crippen LogP contribution >= 0.6 is 11.8 Å². The van der Waals surface area contributed by atoms with Gasteiger partial charge in [-0.15, -0.1) is 0 Å². The Morgan fingerprint density at radius 2 is 1.67 bits per heavy atom. The lowest BCUT2D eigenvalue weighted by Gasteiger charge is -2.37. The van der Waals surface area contributed by atoms with Crippen LogP contribution in [0.25, 0.3) is 6.08 Å². The molecule has 0 saturated carbocycles. The van der Waals surface area contributed by atoms with Gasteiger partial charge < -0.3 is 9.64 Å². The number of carbonyl (C=O) groups excluding carboxylic acids is 2. The Morgan fingerprint density at radius 3 is 2.36 bits per heavy atom. The number of carbonyl (C=O) groups is 2. The summed E-state index contributed by atoms with van der Waals surface area (Å²) in [7, 11) is 0. The number of rotatable bonds is 9. The van der Waals surface area contributed by atoms with E-state index < -0.39 is 0 Å². The van der Waals surface area contributed by atoms with E-state index in [-0.39, 0.29) is 11.1 Å². The molecule has 4 rings (SSSR count). The lowest BCUT2D eigenvalue weighted by Crippen LogP contribution is -2.50. The number of hydrogen-bond donors (Lipinski definition) is 0. The lowest BCUT2D eigenvalue weighted by atomic mass is 10.2. The third-order valence-corrected chi connectivity index (χ3v) is 6.81. The number of nitrogens with zero attached hydrogens (tertiary/aromatic N) is 3. The third-order valence-electron chi connectivity index (χ3n) is 5.90. The van der Waals surface area contributed by atoms with Crippen molar-refractivity contribution >= 4 is 34.7 Å². The standard InChI is InChI=1S/C26H31N3O3S/c1-2-3-7-18-32-23-12-10-21(11-13-23)19-24-25(30)29(26(31)33-24)20-27-14-16-28(17-15-27)22-8-5-4-6-9-22/h4-6,8-13,19H,2-3,7,14-18,20H2,1H3. The molecule has 2 heterocycles. The molecule has 0 aromatic heterocycles. The predicted molar refractivity (Wildman–Crippen MR) is 134 cm³/mol. The van der Waals surface area contributed by atoms with Crippen LogP contribution in [0.1, 0.15) is 31.7 Å². The van der Waals surface area contributed by atoms with Crippen LogP contribution in [0, 0.1) is 0 Å². The second-order valence-electron chi connectivity index (χ2n) is 8.32. The van der Waals surface area contributed by atoms with Crippen LogP contribution in [0.15, 0.2) is 59.5 Å². The maximum absolute atomic E-state index is 12.9. The van der Waals surface area contributed by atoms with Crippen molar-refractivity contribution in [3.05, 3.63) is 65.1 Å². The minimum atomic E-state index is -0.213. The monoisotopic (exact) mass is 465 g/mol. The molecule has 2 aliphatic heterocycles. The molecule has 33 heavy (non-hydrogen) atoms. The maximum Gasteiger partial charge on any atom is 0.294 e. The van der Waals surface area contributed by atoms with Crippen molar-refractivity contribution in [3.63, 3.8) is 0 Å². The van der Waals surface area contributed by atoms with E-state index in [9.17, 15) is 9.59 Å². The number of piperazine rings is 1. The number of hydrogen-bond acceptors (Lipinski definition) is 6. The summed E-state index contributed by atoms with van der Waals surface area (Å²) in [5.41, 5.74) is 2.10. The Hall–Kier alpha value is -2.77. The Morgan fingerprint density at radius 1 is 0.939 bits per heavy atom. The number of amides is 2. The number of anilines is 1. The summed E-state index contributed by atoms with van der Waals surface area (Å²) >= 11 is 1.02. The van der Waals surface area contributed by atoms with Crippen LogP contribution in [0.5, 0.6) is 5.75 Å². The van der Waals surface area contributed by atoms with Crippen LogP contribution in [-0.4, -0.2) is 60.4 Å². The molecular weight excluding hydrogens is 434 g/mol. The lowest BCUT2D eigenvalue weighted by molar-refractivity contribution is -0.124.